The van der Waals surface area contributed by atoms with Gasteiger partial charge in [-0.25, -0.2) is 0 Å². The van der Waals surface area contributed by atoms with E-state index in [2.05, 4.69) is 34.1 Å². The molecule has 1 aromatic rings. The van der Waals surface area contributed by atoms with Gasteiger partial charge in [-0.2, -0.15) is 0 Å². The van der Waals surface area contributed by atoms with Crippen molar-refractivity contribution in [2.45, 2.75) is 58.0 Å². The fourth-order valence-electron chi connectivity index (χ4n) is 5.27. The zero-order chi connectivity index (χ0) is 19.5. The van der Waals surface area contributed by atoms with Crippen LogP contribution in [-0.4, -0.2) is 65.3 Å². The van der Waals surface area contributed by atoms with Gasteiger partial charge in [0.25, 0.3) is 0 Å². The molecule has 1 aliphatic carbocycles. The quantitative estimate of drug-likeness (QED) is 0.803. The molecule has 2 amide bonds. The average Bonchev–Trinajstić information content (AvgIpc) is 3.27. The lowest BCUT2D eigenvalue weighted by atomic mass is 9.92. The van der Waals surface area contributed by atoms with E-state index in [4.69, 9.17) is 0 Å². The number of nitrogens with zero attached hydrogens (tertiary/aromatic N) is 3. The highest BCUT2D eigenvalue weighted by atomic mass is 16.2. The topological polar surface area (TPSA) is 43.9 Å². The zero-order valence-corrected chi connectivity index (χ0v) is 17.1. The highest BCUT2D eigenvalue weighted by molar-refractivity contribution is 5.83. The lowest BCUT2D eigenvalue weighted by Gasteiger charge is -2.43. The summed E-state index contributed by atoms with van der Waals surface area (Å²) in [7, 11) is 0. The summed E-state index contributed by atoms with van der Waals surface area (Å²) in [5.74, 6) is 1.02. The first-order chi connectivity index (χ1) is 13.7. The summed E-state index contributed by atoms with van der Waals surface area (Å²) in [4.78, 5) is 32.1. The Kier molecular flexibility index (Phi) is 6.00. The van der Waals surface area contributed by atoms with Gasteiger partial charge in [0, 0.05) is 45.7 Å². The molecule has 5 nitrogen and oxygen atoms in total. The number of fused-ring (bicyclic) bond motifs is 1. The lowest BCUT2D eigenvalue weighted by molar-refractivity contribution is -0.142. The fraction of sp³-hybridized carbons (Fsp3) is 0.652. The van der Waals surface area contributed by atoms with Crippen LogP contribution in [0.3, 0.4) is 0 Å². The van der Waals surface area contributed by atoms with Crippen LogP contribution in [0.5, 0.6) is 0 Å². The minimum Gasteiger partial charge on any atom is -0.340 e. The Hall–Kier alpha value is -1.88. The molecule has 1 unspecified atom stereocenters. The summed E-state index contributed by atoms with van der Waals surface area (Å²) in [5, 5.41) is 0. The first-order valence-electron chi connectivity index (χ1n) is 11.0. The van der Waals surface area contributed by atoms with E-state index in [1.54, 1.807) is 0 Å². The van der Waals surface area contributed by atoms with Crippen molar-refractivity contribution in [3.63, 3.8) is 0 Å². The van der Waals surface area contributed by atoms with E-state index >= 15 is 0 Å². The normalized spacial score (nSPS) is 22.2. The van der Waals surface area contributed by atoms with E-state index in [0.29, 0.717) is 18.2 Å². The van der Waals surface area contributed by atoms with Gasteiger partial charge < -0.3 is 9.80 Å². The maximum absolute atomic E-state index is 13.7. The maximum Gasteiger partial charge on any atom is 0.240 e. The third-order valence-electron chi connectivity index (χ3n) is 6.90. The first-order valence-corrected chi connectivity index (χ1v) is 11.0. The number of amides is 2. The molecule has 5 heteroatoms. The number of hydrogen-bond acceptors (Lipinski definition) is 3. The highest BCUT2D eigenvalue weighted by Gasteiger charge is 2.39. The van der Waals surface area contributed by atoms with Crippen LogP contribution in [0.2, 0.25) is 0 Å². The number of hydrogen-bond donors (Lipinski definition) is 0. The van der Waals surface area contributed by atoms with Crippen LogP contribution in [-0.2, 0) is 22.6 Å². The van der Waals surface area contributed by atoms with Crippen molar-refractivity contribution in [3.05, 3.63) is 35.4 Å². The molecule has 0 bridgehead atoms. The van der Waals surface area contributed by atoms with E-state index in [9.17, 15) is 9.59 Å². The predicted molar refractivity (Wildman–Crippen MR) is 110 cm³/mol. The van der Waals surface area contributed by atoms with Gasteiger partial charge in [-0.05, 0) is 36.3 Å². The van der Waals surface area contributed by atoms with Crippen LogP contribution in [0.4, 0.5) is 0 Å². The summed E-state index contributed by atoms with van der Waals surface area (Å²) >= 11 is 0. The molecule has 152 valence electrons. The summed E-state index contributed by atoms with van der Waals surface area (Å²) < 4.78 is 0. The van der Waals surface area contributed by atoms with Gasteiger partial charge in [-0.1, -0.05) is 44.0 Å². The monoisotopic (exact) mass is 383 g/mol. The highest BCUT2D eigenvalue weighted by Crippen LogP contribution is 2.33. The number of rotatable bonds is 4. The van der Waals surface area contributed by atoms with Crippen LogP contribution >= 0.6 is 0 Å². The smallest absolute Gasteiger partial charge is 0.240 e. The van der Waals surface area contributed by atoms with Crippen molar-refractivity contribution in [3.8, 4) is 0 Å². The molecule has 0 N–H and O–H groups in total. The molecule has 1 atom stereocenters. The van der Waals surface area contributed by atoms with E-state index < -0.39 is 0 Å². The summed E-state index contributed by atoms with van der Waals surface area (Å²) in [6.07, 6.45) is 6.33. The van der Waals surface area contributed by atoms with Gasteiger partial charge in [0.15, 0.2) is 0 Å². The van der Waals surface area contributed by atoms with Gasteiger partial charge in [0.05, 0.1) is 6.04 Å². The maximum atomic E-state index is 13.7. The van der Waals surface area contributed by atoms with Crippen LogP contribution < -0.4 is 0 Å². The van der Waals surface area contributed by atoms with Crippen LogP contribution in [0.25, 0.3) is 0 Å². The van der Waals surface area contributed by atoms with E-state index in [1.165, 1.54) is 24.0 Å². The minimum absolute atomic E-state index is 0.00774. The Morgan fingerprint density at radius 1 is 0.964 bits per heavy atom. The van der Waals surface area contributed by atoms with Crippen molar-refractivity contribution >= 4 is 11.8 Å². The van der Waals surface area contributed by atoms with Crippen molar-refractivity contribution < 1.29 is 9.59 Å². The summed E-state index contributed by atoms with van der Waals surface area (Å²) in [6, 6.07) is 8.51. The van der Waals surface area contributed by atoms with Gasteiger partial charge in [-0.15, -0.1) is 0 Å². The van der Waals surface area contributed by atoms with Crippen molar-refractivity contribution in [1.29, 1.82) is 0 Å². The van der Waals surface area contributed by atoms with Crippen molar-refractivity contribution in [1.82, 2.24) is 14.7 Å². The van der Waals surface area contributed by atoms with Crippen LogP contribution in [0, 0.1) is 5.92 Å². The lowest BCUT2D eigenvalue weighted by Crippen LogP contribution is -2.58. The number of benzene rings is 1. The molecule has 1 aromatic carbocycles. The van der Waals surface area contributed by atoms with Gasteiger partial charge >= 0.3 is 0 Å². The van der Waals surface area contributed by atoms with E-state index in [0.717, 1.165) is 58.5 Å². The summed E-state index contributed by atoms with van der Waals surface area (Å²) in [5.41, 5.74) is 2.68. The predicted octanol–water partition coefficient (Wildman–Crippen LogP) is 2.68. The van der Waals surface area contributed by atoms with E-state index in [1.807, 2.05) is 11.8 Å². The molecule has 1 saturated heterocycles. The molecule has 2 heterocycles. The Balaban J connectivity index is 1.47. The molecule has 28 heavy (non-hydrogen) atoms. The van der Waals surface area contributed by atoms with Gasteiger partial charge in [-0.3, -0.25) is 14.5 Å². The molecule has 0 spiro atoms. The van der Waals surface area contributed by atoms with Gasteiger partial charge in [0.1, 0.15) is 0 Å². The van der Waals surface area contributed by atoms with Crippen LogP contribution in [0.1, 0.15) is 50.2 Å². The Morgan fingerprint density at radius 2 is 1.64 bits per heavy atom. The Bertz CT molecular complexity index is 706. The molecule has 3 aliphatic rings. The molecule has 1 saturated carbocycles. The van der Waals surface area contributed by atoms with Crippen molar-refractivity contribution in [2.24, 2.45) is 5.92 Å². The van der Waals surface area contributed by atoms with Gasteiger partial charge in [0.2, 0.25) is 11.8 Å². The fourth-order valence-corrected chi connectivity index (χ4v) is 5.27. The molecule has 0 radical (unpaired) electrons. The third-order valence-corrected chi connectivity index (χ3v) is 6.90. The SMILES string of the molecule is CCC(=O)N1CCN(C(C(=O)N2CCc3ccccc3C2)C2CCCC2)CC1. The Morgan fingerprint density at radius 3 is 2.32 bits per heavy atom. The number of carbonyl (C=O) groups excluding carboxylic acids is 2. The zero-order valence-electron chi connectivity index (χ0n) is 17.1. The molecule has 2 aliphatic heterocycles. The second kappa shape index (κ2) is 8.64. The van der Waals surface area contributed by atoms with Crippen LogP contribution in [0.15, 0.2) is 24.3 Å². The van der Waals surface area contributed by atoms with Crippen molar-refractivity contribution in [2.75, 3.05) is 32.7 Å². The first kappa shape index (κ1) is 19.4. The summed E-state index contributed by atoms with van der Waals surface area (Å²) in [6.45, 7) is 6.65. The Labute approximate surface area is 168 Å². The molecular weight excluding hydrogens is 350 g/mol. The standard InChI is InChI=1S/C23H33N3O2/c1-2-21(27)24-13-15-25(16-14-24)22(19-8-4-5-9-19)23(28)26-12-11-18-7-3-6-10-20(18)17-26/h3,6-7,10,19,22H,2,4-5,8-9,11-17H2,1H3. The van der Waals surface area contributed by atoms with E-state index in [-0.39, 0.29) is 11.9 Å². The minimum atomic E-state index is -0.00774. The second-order valence-electron chi connectivity index (χ2n) is 8.54. The molecule has 4 rings (SSSR count). The second-order valence-corrected chi connectivity index (χ2v) is 8.54. The molecule has 2 fully saturated rings. The average molecular weight is 384 g/mol. The third kappa shape index (κ3) is 3.95. The molecule has 0 aromatic heterocycles. The largest absolute Gasteiger partial charge is 0.340 e. The number of piperazine rings is 1. The molecular formula is C23H33N3O2. The number of carbonyl (C=O) groups is 2.